The topological polar surface area (TPSA) is 67.8 Å². The molecule has 1 spiro atoms. The van der Waals surface area contributed by atoms with Crippen LogP contribution in [0, 0.1) is 5.92 Å². The number of hydrogen-bond acceptors (Lipinski definition) is 5. The molecular formula is C21H12Cl2N2O3S. The fraction of sp³-hybridized carbons (Fsp3) is 0.0952. The molecule has 0 saturated heterocycles. The van der Waals surface area contributed by atoms with Crippen molar-refractivity contribution in [1.82, 2.24) is 0 Å². The fourth-order valence-corrected chi connectivity index (χ4v) is 5.02. The smallest absolute Gasteiger partial charge is 0.277 e. The molecule has 1 aromatic heterocycles. The van der Waals surface area contributed by atoms with E-state index in [0.29, 0.717) is 37.4 Å². The summed E-state index contributed by atoms with van der Waals surface area (Å²) in [5, 5.41) is 9.61. The second-order valence-electron chi connectivity index (χ2n) is 6.70. The number of fused-ring (bicyclic) bond motifs is 2. The van der Waals surface area contributed by atoms with Gasteiger partial charge in [0.25, 0.3) is 11.5 Å². The van der Waals surface area contributed by atoms with Gasteiger partial charge in [0.05, 0.1) is 9.90 Å². The molecule has 0 unspecified atom stereocenters. The lowest BCUT2D eigenvalue weighted by atomic mass is 9.75. The Labute approximate surface area is 179 Å². The van der Waals surface area contributed by atoms with Gasteiger partial charge >= 0.3 is 0 Å². The summed E-state index contributed by atoms with van der Waals surface area (Å²) in [7, 11) is 0. The van der Waals surface area contributed by atoms with E-state index in [-0.39, 0.29) is 5.78 Å². The van der Waals surface area contributed by atoms with E-state index in [1.54, 1.807) is 54.6 Å². The number of ketones is 1. The van der Waals surface area contributed by atoms with Crippen molar-refractivity contribution in [3.63, 3.8) is 0 Å². The molecule has 2 atom stereocenters. The molecule has 144 valence electrons. The minimum absolute atomic E-state index is 0.255. The lowest BCUT2D eigenvalue weighted by Crippen LogP contribution is -2.46. The molecule has 1 amide bonds. The summed E-state index contributed by atoms with van der Waals surface area (Å²) >= 11 is 13.7. The zero-order valence-corrected chi connectivity index (χ0v) is 17.0. The Bertz CT molecular complexity index is 1190. The highest BCUT2D eigenvalue weighted by atomic mass is 35.5. The van der Waals surface area contributed by atoms with E-state index < -0.39 is 17.4 Å². The maximum atomic E-state index is 13.6. The third-order valence-electron chi connectivity index (χ3n) is 5.11. The standard InChI is InChI=1S/C21H12Cl2N2O3S/c22-11-7-8-12(14(23)10-11)18-17(19(26)16-6-3-9-29-16)21(28-25-18)13-4-1-2-5-15(13)24-20(21)27/h1-10,17H,(H,24,27)/t17-,21-/m0/s1. The molecule has 5 rings (SSSR count). The van der Waals surface area contributed by atoms with Crippen LogP contribution in [-0.2, 0) is 15.2 Å². The Kier molecular flexibility index (Phi) is 4.24. The van der Waals surface area contributed by atoms with Gasteiger partial charge in [-0.25, -0.2) is 0 Å². The lowest BCUT2D eigenvalue weighted by molar-refractivity contribution is -0.140. The number of rotatable bonds is 3. The highest BCUT2D eigenvalue weighted by Gasteiger charge is 2.63. The zero-order chi connectivity index (χ0) is 20.2. The van der Waals surface area contributed by atoms with Crippen LogP contribution in [0.4, 0.5) is 5.69 Å². The third-order valence-corrected chi connectivity index (χ3v) is 6.55. The van der Waals surface area contributed by atoms with Crippen molar-refractivity contribution < 1.29 is 14.4 Å². The van der Waals surface area contributed by atoms with Crippen molar-refractivity contribution in [2.24, 2.45) is 11.1 Å². The largest absolute Gasteiger partial charge is 0.373 e. The molecule has 0 saturated carbocycles. The average Bonchev–Trinajstić information content (AvgIpc) is 3.42. The van der Waals surface area contributed by atoms with Crippen LogP contribution < -0.4 is 5.32 Å². The van der Waals surface area contributed by atoms with Gasteiger partial charge in [-0.2, -0.15) is 0 Å². The molecule has 0 bridgehead atoms. The van der Waals surface area contributed by atoms with Crippen molar-refractivity contribution in [2.45, 2.75) is 5.60 Å². The summed E-state index contributed by atoms with van der Waals surface area (Å²) in [6.45, 7) is 0. The number of carbonyl (C=O) groups is 2. The molecule has 5 nitrogen and oxygen atoms in total. The SMILES string of the molecule is O=C(c1cccs1)[C@@H]1C(c2ccc(Cl)cc2Cl)=NO[C@]12C(=O)Nc1ccccc12. The van der Waals surface area contributed by atoms with Gasteiger partial charge < -0.3 is 10.2 Å². The minimum Gasteiger partial charge on any atom is -0.373 e. The first-order valence-corrected chi connectivity index (χ1v) is 10.4. The van der Waals surface area contributed by atoms with E-state index in [1.807, 2.05) is 5.38 Å². The molecular weight excluding hydrogens is 431 g/mol. The number of nitrogens with zero attached hydrogens (tertiary/aromatic N) is 1. The monoisotopic (exact) mass is 442 g/mol. The maximum Gasteiger partial charge on any atom is 0.277 e. The van der Waals surface area contributed by atoms with Gasteiger partial charge in [0.2, 0.25) is 0 Å². The number of anilines is 1. The fourth-order valence-electron chi connectivity index (χ4n) is 3.82. The molecule has 0 fully saturated rings. The van der Waals surface area contributed by atoms with Crippen molar-refractivity contribution in [3.8, 4) is 0 Å². The van der Waals surface area contributed by atoms with E-state index in [4.69, 9.17) is 28.0 Å². The number of nitrogens with one attached hydrogen (secondary N) is 1. The summed E-state index contributed by atoms with van der Waals surface area (Å²) in [4.78, 5) is 33.0. The predicted octanol–water partition coefficient (Wildman–Crippen LogP) is 5.14. The van der Waals surface area contributed by atoms with E-state index in [1.165, 1.54) is 11.3 Å². The van der Waals surface area contributed by atoms with Crippen LogP contribution in [0.15, 0.2) is 65.1 Å². The predicted molar refractivity (Wildman–Crippen MR) is 113 cm³/mol. The molecule has 3 heterocycles. The maximum absolute atomic E-state index is 13.6. The summed E-state index contributed by atoms with van der Waals surface area (Å²) < 4.78 is 0. The number of carbonyl (C=O) groups excluding carboxylic acids is 2. The quantitative estimate of drug-likeness (QED) is 0.571. The second-order valence-corrected chi connectivity index (χ2v) is 8.49. The van der Waals surface area contributed by atoms with Crippen LogP contribution in [0.1, 0.15) is 20.8 Å². The number of halogens is 2. The average molecular weight is 443 g/mol. The highest BCUT2D eigenvalue weighted by Crippen LogP contribution is 2.50. The Morgan fingerprint density at radius 3 is 2.72 bits per heavy atom. The zero-order valence-electron chi connectivity index (χ0n) is 14.7. The van der Waals surface area contributed by atoms with Crippen molar-refractivity contribution in [1.29, 1.82) is 0 Å². The number of para-hydroxylation sites is 1. The van der Waals surface area contributed by atoms with E-state index in [0.717, 1.165) is 0 Å². The van der Waals surface area contributed by atoms with Gasteiger partial charge in [-0.05, 0) is 29.6 Å². The van der Waals surface area contributed by atoms with Gasteiger partial charge in [-0.3, -0.25) is 9.59 Å². The third kappa shape index (κ3) is 2.64. The molecule has 2 aliphatic rings. The van der Waals surface area contributed by atoms with E-state index in [9.17, 15) is 9.59 Å². The van der Waals surface area contributed by atoms with Gasteiger partial charge in [-0.1, -0.05) is 58.7 Å². The van der Waals surface area contributed by atoms with Gasteiger partial charge in [0.15, 0.2) is 5.78 Å². The van der Waals surface area contributed by atoms with Crippen LogP contribution in [-0.4, -0.2) is 17.4 Å². The first kappa shape index (κ1) is 18.4. The van der Waals surface area contributed by atoms with E-state index in [2.05, 4.69) is 10.5 Å². The summed E-state index contributed by atoms with van der Waals surface area (Å²) in [5.41, 5.74) is 0.386. The minimum atomic E-state index is -1.59. The number of Topliss-reactive ketones (excluding diaryl/α,β-unsaturated/α-hetero) is 1. The van der Waals surface area contributed by atoms with Crippen LogP contribution >= 0.6 is 34.5 Å². The molecule has 29 heavy (non-hydrogen) atoms. The van der Waals surface area contributed by atoms with Gasteiger partial charge in [0.1, 0.15) is 11.6 Å². The number of benzene rings is 2. The molecule has 2 aliphatic heterocycles. The van der Waals surface area contributed by atoms with Gasteiger partial charge in [0, 0.05) is 21.8 Å². The van der Waals surface area contributed by atoms with Crippen LogP contribution in [0.5, 0.6) is 0 Å². The van der Waals surface area contributed by atoms with Crippen molar-refractivity contribution in [3.05, 3.63) is 86.0 Å². The van der Waals surface area contributed by atoms with Crippen molar-refractivity contribution in [2.75, 3.05) is 5.32 Å². The van der Waals surface area contributed by atoms with Gasteiger partial charge in [-0.15, -0.1) is 11.3 Å². The first-order valence-electron chi connectivity index (χ1n) is 8.72. The Morgan fingerprint density at radius 2 is 1.97 bits per heavy atom. The molecule has 0 radical (unpaired) electrons. The second kappa shape index (κ2) is 6.69. The summed E-state index contributed by atoms with van der Waals surface area (Å²) in [6.07, 6.45) is 0. The number of hydrogen-bond donors (Lipinski definition) is 1. The molecule has 0 aliphatic carbocycles. The molecule has 2 aromatic carbocycles. The lowest BCUT2D eigenvalue weighted by Gasteiger charge is -2.26. The normalized spacial score (nSPS) is 22.2. The summed E-state index contributed by atoms with van der Waals surface area (Å²) in [5.74, 6) is -1.69. The number of oxime groups is 1. The molecule has 8 heteroatoms. The van der Waals surface area contributed by atoms with Crippen LogP contribution in [0.25, 0.3) is 0 Å². The highest BCUT2D eigenvalue weighted by molar-refractivity contribution is 7.12. The Hall–Kier alpha value is -2.67. The number of amides is 1. The van der Waals surface area contributed by atoms with E-state index >= 15 is 0 Å². The Balaban J connectivity index is 1.72. The molecule has 1 N–H and O–H groups in total. The van der Waals surface area contributed by atoms with Crippen LogP contribution in [0.3, 0.4) is 0 Å². The summed E-state index contributed by atoms with van der Waals surface area (Å²) in [6, 6.07) is 15.6. The number of thiophene rings is 1. The first-order chi connectivity index (χ1) is 14.0. The Morgan fingerprint density at radius 1 is 1.14 bits per heavy atom. The molecule has 3 aromatic rings. The van der Waals surface area contributed by atoms with Crippen molar-refractivity contribution >= 4 is 57.6 Å². The van der Waals surface area contributed by atoms with Crippen LogP contribution in [0.2, 0.25) is 10.0 Å².